The zero-order valence-electron chi connectivity index (χ0n) is 12.8. The number of rotatable bonds is 4. The smallest absolute Gasteiger partial charge is 0.234 e. The first-order valence-corrected chi connectivity index (χ1v) is 7.55. The number of ether oxygens (including phenoxy) is 1. The van der Waals surface area contributed by atoms with Crippen molar-refractivity contribution in [1.29, 1.82) is 0 Å². The second-order valence-corrected chi connectivity index (χ2v) is 5.39. The number of fused-ring (bicyclic) bond motifs is 1. The van der Waals surface area contributed by atoms with Crippen molar-refractivity contribution in [2.24, 2.45) is 0 Å². The minimum atomic E-state index is -0.285. The predicted octanol–water partition coefficient (Wildman–Crippen LogP) is 4.11. The molecule has 0 radical (unpaired) electrons. The number of nitrogens with zero attached hydrogens (tertiary/aromatic N) is 3. The summed E-state index contributed by atoms with van der Waals surface area (Å²) < 4.78 is 20.4. The van der Waals surface area contributed by atoms with E-state index >= 15 is 0 Å². The predicted molar refractivity (Wildman–Crippen MR) is 89.2 cm³/mol. The van der Waals surface area contributed by atoms with Gasteiger partial charge in [-0.25, -0.2) is 14.4 Å². The lowest BCUT2D eigenvalue weighted by molar-refractivity contribution is 0.301. The molecule has 118 valence electrons. The van der Waals surface area contributed by atoms with Crippen molar-refractivity contribution < 1.29 is 9.13 Å². The fourth-order valence-corrected chi connectivity index (χ4v) is 2.47. The fraction of sp³-hybridized carbons (Fsp3) is 0.0526. The lowest BCUT2D eigenvalue weighted by atomic mass is 10.1. The van der Waals surface area contributed by atoms with Crippen LogP contribution in [-0.4, -0.2) is 14.4 Å². The molecule has 4 rings (SSSR count). The fourth-order valence-electron chi connectivity index (χ4n) is 2.47. The zero-order valence-corrected chi connectivity index (χ0v) is 12.8. The van der Waals surface area contributed by atoms with Gasteiger partial charge in [-0.05, 0) is 29.8 Å². The SMILES string of the molecule is Fc1ccc(OCc2cn3cc(-c4ccccc4)cnc3n2)cc1. The normalized spacial score (nSPS) is 10.9. The monoisotopic (exact) mass is 319 g/mol. The van der Waals surface area contributed by atoms with E-state index in [0.29, 0.717) is 18.1 Å². The Morgan fingerprint density at radius 1 is 0.917 bits per heavy atom. The Bertz CT molecular complexity index is 965. The Morgan fingerprint density at radius 3 is 2.50 bits per heavy atom. The van der Waals surface area contributed by atoms with Gasteiger partial charge in [0.1, 0.15) is 18.2 Å². The van der Waals surface area contributed by atoms with Crippen LogP contribution in [0.5, 0.6) is 5.75 Å². The van der Waals surface area contributed by atoms with E-state index in [1.165, 1.54) is 12.1 Å². The third-order valence-electron chi connectivity index (χ3n) is 3.67. The third kappa shape index (κ3) is 2.96. The molecule has 0 aliphatic rings. The largest absolute Gasteiger partial charge is 0.487 e. The molecule has 2 heterocycles. The van der Waals surface area contributed by atoms with Crippen molar-refractivity contribution in [1.82, 2.24) is 14.4 Å². The summed E-state index contributed by atoms with van der Waals surface area (Å²) in [4.78, 5) is 8.82. The summed E-state index contributed by atoms with van der Waals surface area (Å²) >= 11 is 0. The van der Waals surface area contributed by atoms with Crippen molar-refractivity contribution >= 4 is 5.78 Å². The molecule has 0 bridgehead atoms. The highest BCUT2D eigenvalue weighted by atomic mass is 19.1. The van der Waals surface area contributed by atoms with Crippen LogP contribution < -0.4 is 4.74 Å². The highest BCUT2D eigenvalue weighted by Crippen LogP contribution is 2.19. The van der Waals surface area contributed by atoms with Gasteiger partial charge < -0.3 is 4.74 Å². The van der Waals surface area contributed by atoms with Crippen molar-refractivity contribution in [3.63, 3.8) is 0 Å². The molecule has 0 aliphatic carbocycles. The molecule has 2 aromatic carbocycles. The van der Waals surface area contributed by atoms with Gasteiger partial charge in [-0.3, -0.25) is 4.40 Å². The number of benzene rings is 2. The Kier molecular flexibility index (Phi) is 3.67. The Morgan fingerprint density at radius 2 is 1.71 bits per heavy atom. The molecule has 0 saturated carbocycles. The molecule has 0 spiro atoms. The lowest BCUT2D eigenvalue weighted by Crippen LogP contribution is -1.95. The van der Waals surface area contributed by atoms with E-state index in [1.54, 1.807) is 12.1 Å². The molecule has 0 unspecified atom stereocenters. The summed E-state index contributed by atoms with van der Waals surface area (Å²) in [6.45, 7) is 0.301. The molecule has 0 N–H and O–H groups in total. The highest BCUT2D eigenvalue weighted by molar-refractivity contribution is 5.62. The van der Waals surface area contributed by atoms with E-state index in [-0.39, 0.29) is 5.82 Å². The van der Waals surface area contributed by atoms with Crippen molar-refractivity contribution in [3.8, 4) is 16.9 Å². The molecule has 2 aromatic heterocycles. The molecule has 4 nitrogen and oxygen atoms in total. The quantitative estimate of drug-likeness (QED) is 0.568. The number of imidazole rings is 1. The summed E-state index contributed by atoms with van der Waals surface area (Å²) in [7, 11) is 0. The standard InChI is InChI=1S/C19H14FN3O/c20-16-6-8-18(9-7-16)24-13-17-12-23-11-15(10-21-19(23)22-17)14-4-2-1-3-5-14/h1-12H,13H2. The zero-order chi connectivity index (χ0) is 16.4. The molecule has 0 aliphatic heterocycles. The first kappa shape index (κ1) is 14.4. The number of hydrogen-bond acceptors (Lipinski definition) is 3. The molecule has 0 atom stereocenters. The van der Waals surface area contributed by atoms with Crippen LogP contribution in [-0.2, 0) is 6.61 Å². The number of aromatic nitrogens is 3. The van der Waals surface area contributed by atoms with Crippen LogP contribution in [0.1, 0.15) is 5.69 Å². The molecule has 0 fully saturated rings. The highest BCUT2D eigenvalue weighted by Gasteiger charge is 2.06. The van der Waals surface area contributed by atoms with Gasteiger partial charge >= 0.3 is 0 Å². The maximum atomic E-state index is 12.9. The van der Waals surface area contributed by atoms with E-state index in [1.807, 2.05) is 53.3 Å². The molecule has 24 heavy (non-hydrogen) atoms. The molecule has 4 aromatic rings. The molecular formula is C19H14FN3O. The summed E-state index contributed by atoms with van der Waals surface area (Å²) in [5.41, 5.74) is 2.88. The van der Waals surface area contributed by atoms with Crippen molar-refractivity contribution in [3.05, 3.63) is 84.7 Å². The Labute approximate surface area is 138 Å². The number of hydrogen-bond donors (Lipinski definition) is 0. The van der Waals surface area contributed by atoms with Crippen LogP contribution in [0.4, 0.5) is 4.39 Å². The molecule has 0 amide bonds. The first-order chi connectivity index (χ1) is 11.8. The minimum absolute atomic E-state index is 0.285. The second kappa shape index (κ2) is 6.12. The van der Waals surface area contributed by atoms with Crippen LogP contribution >= 0.6 is 0 Å². The minimum Gasteiger partial charge on any atom is -0.487 e. The van der Waals surface area contributed by atoms with Gasteiger partial charge in [-0.1, -0.05) is 30.3 Å². The van der Waals surface area contributed by atoms with Gasteiger partial charge in [-0.15, -0.1) is 0 Å². The Balaban J connectivity index is 1.56. The van der Waals surface area contributed by atoms with E-state index in [9.17, 15) is 4.39 Å². The average Bonchev–Trinajstić information content (AvgIpc) is 3.04. The maximum Gasteiger partial charge on any atom is 0.234 e. The molecular weight excluding hydrogens is 305 g/mol. The van der Waals surface area contributed by atoms with Crippen molar-refractivity contribution in [2.45, 2.75) is 6.61 Å². The van der Waals surface area contributed by atoms with Crippen LogP contribution in [0, 0.1) is 5.82 Å². The van der Waals surface area contributed by atoms with E-state index in [2.05, 4.69) is 9.97 Å². The average molecular weight is 319 g/mol. The van der Waals surface area contributed by atoms with Crippen molar-refractivity contribution in [2.75, 3.05) is 0 Å². The van der Waals surface area contributed by atoms with Crippen LogP contribution in [0.25, 0.3) is 16.9 Å². The number of halogens is 1. The van der Waals surface area contributed by atoms with Crippen LogP contribution in [0.3, 0.4) is 0 Å². The van der Waals surface area contributed by atoms with E-state index in [0.717, 1.165) is 16.8 Å². The Hall–Kier alpha value is -3.21. The van der Waals surface area contributed by atoms with Gasteiger partial charge in [-0.2, -0.15) is 0 Å². The summed E-state index contributed by atoms with van der Waals surface area (Å²) in [5.74, 6) is 0.937. The van der Waals surface area contributed by atoms with Gasteiger partial charge in [0.2, 0.25) is 5.78 Å². The van der Waals surface area contributed by atoms with Gasteiger partial charge in [0.15, 0.2) is 0 Å². The van der Waals surface area contributed by atoms with E-state index < -0.39 is 0 Å². The maximum absolute atomic E-state index is 12.9. The van der Waals surface area contributed by atoms with Crippen LogP contribution in [0.15, 0.2) is 73.2 Å². The molecule has 5 heteroatoms. The third-order valence-corrected chi connectivity index (χ3v) is 3.67. The van der Waals surface area contributed by atoms with Gasteiger partial charge in [0.05, 0.1) is 5.69 Å². The topological polar surface area (TPSA) is 39.4 Å². The summed E-state index contributed by atoms with van der Waals surface area (Å²) in [6.07, 6.45) is 5.69. The first-order valence-electron chi connectivity index (χ1n) is 7.55. The summed E-state index contributed by atoms with van der Waals surface area (Å²) in [6, 6.07) is 16.0. The summed E-state index contributed by atoms with van der Waals surface area (Å²) in [5, 5.41) is 0. The van der Waals surface area contributed by atoms with Gasteiger partial charge in [0.25, 0.3) is 0 Å². The van der Waals surface area contributed by atoms with Gasteiger partial charge in [0, 0.05) is 24.2 Å². The van der Waals surface area contributed by atoms with Crippen LogP contribution in [0.2, 0.25) is 0 Å². The molecule has 0 saturated heterocycles. The van der Waals surface area contributed by atoms with E-state index in [4.69, 9.17) is 4.74 Å². The second-order valence-electron chi connectivity index (χ2n) is 5.39. The lowest BCUT2D eigenvalue weighted by Gasteiger charge is -2.02.